The summed E-state index contributed by atoms with van der Waals surface area (Å²) in [7, 11) is 1.69. The number of nitrogens with one attached hydrogen (secondary N) is 1. The molecule has 1 aliphatic carbocycles. The molecule has 2 aromatic carbocycles. The minimum absolute atomic E-state index is 0.00144. The Morgan fingerprint density at radius 3 is 2.67 bits per heavy atom. The van der Waals surface area contributed by atoms with Gasteiger partial charge in [0, 0.05) is 41.9 Å². The molecule has 6 rings (SSSR count). The van der Waals surface area contributed by atoms with E-state index in [2.05, 4.69) is 52.8 Å². The van der Waals surface area contributed by atoms with E-state index < -0.39 is 0 Å². The zero-order chi connectivity index (χ0) is 24.6. The SMILES string of the molecule is CNC(=O)C1CC=C(c2nc(-c3ccc4ccc(-c5ccccc5)nc4c3)c3c(N)nccn23)CC1. The molecule has 36 heavy (non-hydrogen) atoms. The Balaban J connectivity index is 1.46. The average molecular weight is 475 g/mol. The second kappa shape index (κ2) is 8.92. The highest BCUT2D eigenvalue weighted by molar-refractivity contribution is 5.92. The number of nitrogens with two attached hydrogens (primary N) is 1. The predicted molar refractivity (Wildman–Crippen MR) is 143 cm³/mol. The maximum absolute atomic E-state index is 12.1. The summed E-state index contributed by atoms with van der Waals surface area (Å²) in [5, 5.41) is 3.82. The zero-order valence-electron chi connectivity index (χ0n) is 20.0. The predicted octanol–water partition coefficient (Wildman–Crippen LogP) is 5.12. The lowest BCUT2D eigenvalue weighted by molar-refractivity contribution is -0.124. The minimum Gasteiger partial charge on any atom is -0.382 e. The molecule has 7 nitrogen and oxygen atoms in total. The number of carbonyl (C=O) groups is 1. The summed E-state index contributed by atoms with van der Waals surface area (Å²) in [6, 6.07) is 20.5. The van der Waals surface area contributed by atoms with Gasteiger partial charge in [-0.3, -0.25) is 9.20 Å². The van der Waals surface area contributed by atoms with Crippen LogP contribution in [0.25, 0.3) is 44.5 Å². The Hall–Kier alpha value is -4.52. The van der Waals surface area contributed by atoms with Gasteiger partial charge in [0.2, 0.25) is 5.91 Å². The third-order valence-corrected chi connectivity index (χ3v) is 6.93. The van der Waals surface area contributed by atoms with Crippen molar-refractivity contribution in [3.63, 3.8) is 0 Å². The van der Waals surface area contributed by atoms with Crippen LogP contribution < -0.4 is 11.1 Å². The van der Waals surface area contributed by atoms with Crippen molar-refractivity contribution in [2.45, 2.75) is 19.3 Å². The Morgan fingerprint density at radius 1 is 1.06 bits per heavy atom. The lowest BCUT2D eigenvalue weighted by Crippen LogP contribution is -2.28. The minimum atomic E-state index is 0.00144. The molecule has 0 spiro atoms. The summed E-state index contributed by atoms with van der Waals surface area (Å²) >= 11 is 0. The van der Waals surface area contributed by atoms with Gasteiger partial charge in [-0.1, -0.05) is 54.6 Å². The lowest BCUT2D eigenvalue weighted by Gasteiger charge is -2.20. The molecule has 7 heteroatoms. The van der Waals surface area contributed by atoms with Gasteiger partial charge >= 0.3 is 0 Å². The zero-order valence-corrected chi connectivity index (χ0v) is 20.0. The van der Waals surface area contributed by atoms with Crippen LogP contribution in [0.15, 0.2) is 79.1 Å². The standard InChI is InChI=1S/C29H26N6O/c1-31-29(36)21-10-8-20(9-11-21)28-34-25(26-27(30)32-15-16-35(26)28)22-12-7-19-13-14-23(33-24(19)17-22)18-5-3-2-4-6-18/h2-8,12-17,21H,9-11H2,1H3,(H2,30,32)(H,31,36). The molecule has 1 atom stereocenters. The molecule has 1 unspecified atom stereocenters. The number of nitrogens with zero attached hydrogens (tertiary/aromatic N) is 4. The van der Waals surface area contributed by atoms with Gasteiger partial charge in [0.1, 0.15) is 22.9 Å². The van der Waals surface area contributed by atoms with Crippen molar-refractivity contribution in [2.24, 2.45) is 5.92 Å². The van der Waals surface area contributed by atoms with Gasteiger partial charge in [0.15, 0.2) is 0 Å². The third-order valence-electron chi connectivity index (χ3n) is 6.93. The summed E-state index contributed by atoms with van der Waals surface area (Å²) in [5.74, 6) is 1.36. The first-order chi connectivity index (χ1) is 17.6. The molecule has 0 radical (unpaired) electrons. The molecule has 3 aromatic heterocycles. The van der Waals surface area contributed by atoms with Crippen molar-refractivity contribution in [1.29, 1.82) is 0 Å². The fourth-order valence-corrected chi connectivity index (χ4v) is 5.01. The normalized spacial score (nSPS) is 15.7. The molecule has 1 amide bonds. The molecule has 0 aliphatic heterocycles. The molecule has 1 aliphatic rings. The second-order valence-electron chi connectivity index (χ2n) is 9.10. The smallest absolute Gasteiger partial charge is 0.223 e. The van der Waals surface area contributed by atoms with E-state index in [1.807, 2.05) is 34.9 Å². The number of hydrogen-bond donors (Lipinski definition) is 2. The summed E-state index contributed by atoms with van der Waals surface area (Å²) < 4.78 is 2.02. The van der Waals surface area contributed by atoms with Crippen molar-refractivity contribution in [2.75, 3.05) is 12.8 Å². The van der Waals surface area contributed by atoms with Crippen LogP contribution in [0.3, 0.4) is 0 Å². The molecule has 3 heterocycles. The molecular weight excluding hydrogens is 448 g/mol. The highest BCUT2D eigenvalue weighted by Gasteiger charge is 2.25. The maximum Gasteiger partial charge on any atom is 0.223 e. The van der Waals surface area contributed by atoms with Crippen LogP contribution in [0.4, 0.5) is 5.82 Å². The fraction of sp³-hybridized carbons (Fsp3) is 0.172. The highest BCUT2D eigenvalue weighted by Crippen LogP contribution is 2.36. The van der Waals surface area contributed by atoms with E-state index >= 15 is 0 Å². The summed E-state index contributed by atoms with van der Waals surface area (Å²) in [4.78, 5) is 26.4. The number of fused-ring (bicyclic) bond motifs is 2. The molecule has 0 bridgehead atoms. The first-order valence-corrected chi connectivity index (χ1v) is 12.1. The number of allylic oxidation sites excluding steroid dienone is 2. The molecule has 5 aromatic rings. The van der Waals surface area contributed by atoms with Crippen molar-refractivity contribution in [1.82, 2.24) is 24.7 Å². The molecule has 178 valence electrons. The van der Waals surface area contributed by atoms with Crippen LogP contribution >= 0.6 is 0 Å². The van der Waals surface area contributed by atoms with Gasteiger partial charge in [-0.25, -0.2) is 15.0 Å². The van der Waals surface area contributed by atoms with Crippen LogP contribution in [-0.2, 0) is 4.79 Å². The number of hydrogen-bond acceptors (Lipinski definition) is 5. The number of carbonyl (C=O) groups excluding carboxylic acids is 1. The Labute approximate surface area is 208 Å². The van der Waals surface area contributed by atoms with E-state index in [0.29, 0.717) is 12.2 Å². The highest BCUT2D eigenvalue weighted by atomic mass is 16.1. The Morgan fingerprint density at radius 2 is 1.89 bits per heavy atom. The molecule has 0 saturated heterocycles. The average Bonchev–Trinajstić information content (AvgIpc) is 3.33. The first kappa shape index (κ1) is 22.0. The fourth-order valence-electron chi connectivity index (χ4n) is 5.01. The van der Waals surface area contributed by atoms with E-state index in [1.54, 1.807) is 13.2 Å². The number of pyridine rings is 1. The number of amides is 1. The van der Waals surface area contributed by atoms with Crippen molar-refractivity contribution >= 4 is 33.7 Å². The van der Waals surface area contributed by atoms with Crippen LogP contribution in [0.1, 0.15) is 25.1 Å². The largest absolute Gasteiger partial charge is 0.382 e. The van der Waals surface area contributed by atoms with Gasteiger partial charge in [-0.15, -0.1) is 0 Å². The van der Waals surface area contributed by atoms with Crippen LogP contribution in [0.2, 0.25) is 0 Å². The van der Waals surface area contributed by atoms with Gasteiger partial charge in [-0.05, 0) is 37.0 Å². The van der Waals surface area contributed by atoms with E-state index in [-0.39, 0.29) is 11.8 Å². The van der Waals surface area contributed by atoms with E-state index in [4.69, 9.17) is 15.7 Å². The summed E-state index contributed by atoms with van der Waals surface area (Å²) in [6.45, 7) is 0. The van der Waals surface area contributed by atoms with Gasteiger partial charge in [-0.2, -0.15) is 0 Å². The second-order valence-corrected chi connectivity index (χ2v) is 9.10. The van der Waals surface area contributed by atoms with Crippen molar-refractivity contribution in [3.8, 4) is 22.5 Å². The van der Waals surface area contributed by atoms with Gasteiger partial charge in [0.25, 0.3) is 0 Å². The van der Waals surface area contributed by atoms with E-state index in [0.717, 1.165) is 63.2 Å². The number of anilines is 1. The van der Waals surface area contributed by atoms with Crippen LogP contribution in [0.5, 0.6) is 0 Å². The number of rotatable bonds is 4. The number of benzene rings is 2. The quantitative estimate of drug-likeness (QED) is 0.377. The van der Waals surface area contributed by atoms with Crippen molar-refractivity contribution in [3.05, 3.63) is 85.0 Å². The number of imidazole rings is 1. The van der Waals surface area contributed by atoms with Gasteiger partial charge < -0.3 is 11.1 Å². The van der Waals surface area contributed by atoms with E-state index in [9.17, 15) is 4.79 Å². The third kappa shape index (κ3) is 3.79. The Kier molecular flexibility index (Phi) is 5.45. The Bertz CT molecular complexity index is 1640. The summed E-state index contributed by atoms with van der Waals surface area (Å²) in [5.41, 5.74) is 12.9. The summed E-state index contributed by atoms with van der Waals surface area (Å²) in [6.07, 6.45) is 7.99. The van der Waals surface area contributed by atoms with Crippen molar-refractivity contribution < 1.29 is 4.79 Å². The molecule has 0 saturated carbocycles. The number of nitrogen functional groups attached to an aromatic ring is 1. The van der Waals surface area contributed by atoms with Gasteiger partial charge in [0.05, 0.1) is 11.2 Å². The molecule has 0 fully saturated rings. The van der Waals surface area contributed by atoms with E-state index in [1.165, 1.54) is 0 Å². The van der Waals surface area contributed by atoms with Crippen LogP contribution in [0, 0.1) is 5.92 Å². The first-order valence-electron chi connectivity index (χ1n) is 12.1. The number of aromatic nitrogens is 4. The molecule has 3 N–H and O–H groups in total. The maximum atomic E-state index is 12.1. The lowest BCUT2D eigenvalue weighted by atomic mass is 9.88. The topological polar surface area (TPSA) is 98.2 Å². The molecular formula is C29H26N6O. The van der Waals surface area contributed by atoms with Crippen LogP contribution in [-0.4, -0.2) is 32.3 Å². The monoisotopic (exact) mass is 474 g/mol.